The van der Waals surface area contributed by atoms with E-state index in [4.69, 9.17) is 13.9 Å². The van der Waals surface area contributed by atoms with Crippen LogP contribution in [0.15, 0.2) is 56.8 Å². The number of aromatic nitrogens is 3. The highest BCUT2D eigenvalue weighted by atomic mass is 28.3. The summed E-state index contributed by atoms with van der Waals surface area (Å²) >= 11 is 0. The van der Waals surface area contributed by atoms with Crippen molar-refractivity contribution in [2.24, 2.45) is 7.05 Å². The highest BCUT2D eigenvalue weighted by Crippen LogP contribution is 2.32. The zero-order valence-electron chi connectivity index (χ0n) is 21.2. The zero-order chi connectivity index (χ0) is 26.0. The maximum atomic E-state index is 13.1. The highest BCUT2D eigenvalue weighted by molar-refractivity contribution is 6.76. The number of hydrogen-bond donors (Lipinski definition) is 1. The molecule has 4 aromatic rings. The molecule has 0 unspecified atom stereocenters. The van der Waals surface area contributed by atoms with E-state index in [0.29, 0.717) is 46.2 Å². The molecule has 10 heteroatoms. The summed E-state index contributed by atoms with van der Waals surface area (Å²) in [6.45, 7) is 8.49. The number of rotatable bonds is 9. The lowest BCUT2D eigenvalue weighted by atomic mass is 10.0. The van der Waals surface area contributed by atoms with Gasteiger partial charge in [-0.2, -0.15) is 0 Å². The average molecular weight is 510 g/mol. The molecular weight excluding hydrogens is 478 g/mol. The van der Waals surface area contributed by atoms with Crippen LogP contribution < -0.4 is 16.0 Å². The standard InChI is InChI=1S/C26H31N3O6Si/c1-17-23(28(2)26(32)29(25(17)31)16-33-12-13-36(3,4)5)20-7-6-19(14-18(20)15-30)35-24-21-9-11-34-22(21)8-10-27-24/h6-11,14,30H,12-13,15-16H2,1-5H3. The Balaban J connectivity index is 1.66. The maximum absolute atomic E-state index is 13.1. The molecule has 0 saturated carbocycles. The summed E-state index contributed by atoms with van der Waals surface area (Å²) in [4.78, 5) is 30.5. The fourth-order valence-corrected chi connectivity index (χ4v) is 4.76. The lowest BCUT2D eigenvalue weighted by Gasteiger charge is -2.19. The zero-order valence-corrected chi connectivity index (χ0v) is 22.2. The lowest BCUT2D eigenvalue weighted by molar-refractivity contribution is 0.0805. The second-order valence-corrected chi connectivity index (χ2v) is 15.5. The number of fused-ring (bicyclic) bond motifs is 1. The van der Waals surface area contributed by atoms with Gasteiger partial charge in [-0.25, -0.2) is 14.3 Å². The molecule has 0 amide bonds. The Bertz CT molecular complexity index is 1480. The van der Waals surface area contributed by atoms with Crippen LogP contribution in [0.1, 0.15) is 11.1 Å². The molecule has 0 atom stereocenters. The monoisotopic (exact) mass is 509 g/mol. The first-order chi connectivity index (χ1) is 17.1. The summed E-state index contributed by atoms with van der Waals surface area (Å²) < 4.78 is 19.5. The van der Waals surface area contributed by atoms with E-state index in [1.807, 2.05) is 0 Å². The molecule has 0 aliphatic heterocycles. The molecule has 0 spiro atoms. The minimum absolute atomic E-state index is 0.0939. The number of nitrogens with zero attached hydrogens (tertiary/aromatic N) is 3. The third-order valence-corrected chi connectivity index (χ3v) is 7.76. The first kappa shape index (κ1) is 25.6. The molecule has 0 aliphatic carbocycles. The van der Waals surface area contributed by atoms with Gasteiger partial charge in [0.2, 0.25) is 5.88 Å². The molecule has 1 aromatic carbocycles. The Kier molecular flexibility index (Phi) is 7.30. The molecule has 190 valence electrons. The van der Waals surface area contributed by atoms with Gasteiger partial charge in [-0.3, -0.25) is 9.36 Å². The van der Waals surface area contributed by atoms with Gasteiger partial charge < -0.3 is 19.0 Å². The normalized spacial score (nSPS) is 11.8. The van der Waals surface area contributed by atoms with Crippen LogP contribution in [-0.4, -0.2) is 33.9 Å². The number of aliphatic hydroxyl groups is 1. The SMILES string of the molecule is Cc1c(-c2ccc(Oc3nccc4occc34)cc2CO)n(C)c(=O)n(COCC[Si](C)(C)C)c1=O. The Morgan fingerprint density at radius 3 is 2.64 bits per heavy atom. The maximum Gasteiger partial charge on any atom is 0.333 e. The predicted molar refractivity (Wildman–Crippen MR) is 140 cm³/mol. The number of aliphatic hydroxyl groups excluding tert-OH is 1. The molecule has 36 heavy (non-hydrogen) atoms. The molecule has 4 rings (SSSR count). The topological polar surface area (TPSA) is 109 Å². The van der Waals surface area contributed by atoms with E-state index in [0.717, 1.165) is 16.0 Å². The van der Waals surface area contributed by atoms with Gasteiger partial charge in [0.25, 0.3) is 5.56 Å². The molecule has 0 fully saturated rings. The van der Waals surface area contributed by atoms with Crippen LogP contribution in [0.4, 0.5) is 0 Å². The largest absolute Gasteiger partial charge is 0.464 e. The van der Waals surface area contributed by atoms with E-state index in [1.54, 1.807) is 56.8 Å². The summed E-state index contributed by atoms with van der Waals surface area (Å²) in [5.74, 6) is 0.828. The van der Waals surface area contributed by atoms with E-state index in [1.165, 1.54) is 4.57 Å². The number of pyridine rings is 1. The first-order valence-electron chi connectivity index (χ1n) is 11.7. The van der Waals surface area contributed by atoms with Gasteiger partial charge in [-0.05, 0) is 48.9 Å². The van der Waals surface area contributed by atoms with Crippen molar-refractivity contribution in [2.75, 3.05) is 6.61 Å². The van der Waals surface area contributed by atoms with Gasteiger partial charge in [0.15, 0.2) is 0 Å². The van der Waals surface area contributed by atoms with Gasteiger partial charge in [-0.15, -0.1) is 0 Å². The highest BCUT2D eigenvalue weighted by Gasteiger charge is 2.19. The Morgan fingerprint density at radius 1 is 1.14 bits per heavy atom. The number of hydrogen-bond acceptors (Lipinski definition) is 7. The van der Waals surface area contributed by atoms with Crippen molar-refractivity contribution in [3.63, 3.8) is 0 Å². The van der Waals surface area contributed by atoms with Gasteiger partial charge >= 0.3 is 5.69 Å². The number of benzene rings is 1. The second kappa shape index (κ2) is 10.3. The van der Waals surface area contributed by atoms with Crippen LogP contribution in [0.25, 0.3) is 22.2 Å². The second-order valence-electron chi connectivity index (χ2n) is 9.92. The van der Waals surface area contributed by atoms with Crippen LogP contribution in [0.3, 0.4) is 0 Å². The van der Waals surface area contributed by atoms with Crippen molar-refractivity contribution in [2.45, 2.75) is 45.9 Å². The quantitative estimate of drug-likeness (QED) is 0.265. The van der Waals surface area contributed by atoms with Crippen LogP contribution >= 0.6 is 0 Å². The van der Waals surface area contributed by atoms with Crippen molar-refractivity contribution in [3.8, 4) is 22.9 Å². The number of furan rings is 1. The van der Waals surface area contributed by atoms with Crippen LogP contribution in [0.2, 0.25) is 25.7 Å². The van der Waals surface area contributed by atoms with Crippen molar-refractivity contribution in [1.29, 1.82) is 0 Å². The van der Waals surface area contributed by atoms with Crippen molar-refractivity contribution >= 4 is 19.0 Å². The molecule has 0 saturated heterocycles. The van der Waals surface area contributed by atoms with E-state index in [9.17, 15) is 14.7 Å². The molecule has 3 heterocycles. The van der Waals surface area contributed by atoms with Gasteiger partial charge in [0, 0.05) is 39.1 Å². The van der Waals surface area contributed by atoms with Crippen molar-refractivity contribution < 1.29 is 19.0 Å². The summed E-state index contributed by atoms with van der Waals surface area (Å²) in [5.41, 5.74) is 1.66. The molecule has 0 radical (unpaired) electrons. The fraction of sp³-hybridized carbons (Fsp3) is 0.346. The average Bonchev–Trinajstić information content (AvgIpc) is 3.32. The minimum atomic E-state index is -1.29. The Hall–Kier alpha value is -3.47. The summed E-state index contributed by atoms with van der Waals surface area (Å²) in [5, 5.41) is 10.8. The summed E-state index contributed by atoms with van der Waals surface area (Å²) in [6.07, 6.45) is 3.15. The van der Waals surface area contributed by atoms with Crippen LogP contribution in [0, 0.1) is 6.92 Å². The Morgan fingerprint density at radius 2 is 1.92 bits per heavy atom. The van der Waals surface area contributed by atoms with E-state index in [2.05, 4.69) is 24.6 Å². The van der Waals surface area contributed by atoms with Gasteiger partial charge in [0.1, 0.15) is 18.1 Å². The molecule has 1 N–H and O–H groups in total. The Labute approximate surface area is 209 Å². The predicted octanol–water partition coefficient (Wildman–Crippen LogP) is 4.26. The molecule has 0 aliphatic rings. The molecule has 0 bridgehead atoms. The molecule has 3 aromatic heterocycles. The molecular formula is C26H31N3O6Si. The fourth-order valence-electron chi connectivity index (χ4n) is 4.01. The van der Waals surface area contributed by atoms with Gasteiger partial charge in [-0.1, -0.05) is 19.6 Å². The summed E-state index contributed by atoms with van der Waals surface area (Å²) in [6, 6.07) is 9.56. The van der Waals surface area contributed by atoms with E-state index in [-0.39, 0.29) is 13.3 Å². The van der Waals surface area contributed by atoms with Crippen molar-refractivity contribution in [3.05, 3.63) is 74.8 Å². The third kappa shape index (κ3) is 5.20. The minimum Gasteiger partial charge on any atom is -0.464 e. The summed E-state index contributed by atoms with van der Waals surface area (Å²) in [7, 11) is 0.323. The van der Waals surface area contributed by atoms with E-state index >= 15 is 0 Å². The number of ether oxygens (including phenoxy) is 2. The lowest BCUT2D eigenvalue weighted by Crippen LogP contribution is -2.42. The van der Waals surface area contributed by atoms with Crippen molar-refractivity contribution in [1.82, 2.24) is 14.1 Å². The first-order valence-corrected chi connectivity index (χ1v) is 15.4. The molecule has 9 nitrogen and oxygen atoms in total. The van der Waals surface area contributed by atoms with E-state index < -0.39 is 19.3 Å². The van der Waals surface area contributed by atoms with Gasteiger partial charge in [0.05, 0.1) is 24.0 Å². The van der Waals surface area contributed by atoms with Crippen LogP contribution in [0.5, 0.6) is 11.6 Å². The third-order valence-electron chi connectivity index (χ3n) is 6.05. The smallest absolute Gasteiger partial charge is 0.333 e. The van der Waals surface area contributed by atoms with Crippen LogP contribution in [-0.2, 0) is 25.1 Å².